The Morgan fingerprint density at radius 1 is 0.722 bits per heavy atom. The standard InChI is InChI=1S/C30H27NO5/c1-31-24-16-22(33-2)17-26(34-3)27(24)29(32)23-14-15-25(35-18-20-10-6-4-7-11-20)30(28(23)31)36-19-21-12-8-5-9-13-21/h4-17H,18-19H2,1-3H3. The summed E-state index contributed by atoms with van der Waals surface area (Å²) in [7, 11) is 5.04. The Balaban J connectivity index is 1.71. The highest BCUT2D eigenvalue weighted by molar-refractivity contribution is 6.00. The fourth-order valence-corrected chi connectivity index (χ4v) is 4.39. The smallest absolute Gasteiger partial charge is 0.201 e. The van der Waals surface area contributed by atoms with Crippen LogP contribution in [-0.4, -0.2) is 18.8 Å². The van der Waals surface area contributed by atoms with Crippen LogP contribution < -0.4 is 24.4 Å². The lowest BCUT2D eigenvalue weighted by atomic mass is 10.1. The highest BCUT2D eigenvalue weighted by Crippen LogP contribution is 2.39. The molecule has 1 aromatic heterocycles. The number of pyridine rings is 1. The molecule has 0 saturated carbocycles. The molecule has 1 heterocycles. The third kappa shape index (κ3) is 4.33. The van der Waals surface area contributed by atoms with E-state index in [2.05, 4.69) is 0 Å². The van der Waals surface area contributed by atoms with Gasteiger partial charge in [-0.3, -0.25) is 4.79 Å². The normalized spacial score (nSPS) is 11.0. The number of nitrogens with zero attached hydrogens (tertiary/aromatic N) is 1. The van der Waals surface area contributed by atoms with E-state index in [1.807, 2.05) is 78.3 Å². The topological polar surface area (TPSA) is 58.9 Å². The molecule has 0 bridgehead atoms. The van der Waals surface area contributed by atoms with E-state index in [-0.39, 0.29) is 5.43 Å². The van der Waals surface area contributed by atoms with Gasteiger partial charge in [0.25, 0.3) is 0 Å². The van der Waals surface area contributed by atoms with E-state index < -0.39 is 0 Å². The number of hydrogen-bond acceptors (Lipinski definition) is 5. The number of hydrogen-bond donors (Lipinski definition) is 0. The van der Waals surface area contributed by atoms with Crippen LogP contribution in [0.3, 0.4) is 0 Å². The van der Waals surface area contributed by atoms with Gasteiger partial charge >= 0.3 is 0 Å². The fraction of sp³-hybridized carbons (Fsp3) is 0.167. The Morgan fingerprint density at radius 2 is 1.36 bits per heavy atom. The Labute approximate surface area is 209 Å². The summed E-state index contributed by atoms with van der Waals surface area (Å²) in [5, 5.41) is 1.00. The number of methoxy groups -OCH3 is 2. The van der Waals surface area contributed by atoms with Crippen molar-refractivity contribution in [1.29, 1.82) is 0 Å². The van der Waals surface area contributed by atoms with Gasteiger partial charge in [-0.2, -0.15) is 0 Å². The van der Waals surface area contributed by atoms with Crippen molar-refractivity contribution in [1.82, 2.24) is 4.57 Å². The van der Waals surface area contributed by atoms with Crippen molar-refractivity contribution in [2.45, 2.75) is 13.2 Å². The summed E-state index contributed by atoms with van der Waals surface area (Å²) in [5.41, 5.74) is 3.22. The van der Waals surface area contributed by atoms with E-state index in [9.17, 15) is 4.79 Å². The zero-order chi connectivity index (χ0) is 25.1. The molecule has 0 unspecified atom stereocenters. The predicted molar refractivity (Wildman–Crippen MR) is 141 cm³/mol. The second-order valence-corrected chi connectivity index (χ2v) is 8.45. The summed E-state index contributed by atoms with van der Waals surface area (Å²) in [6, 6.07) is 27.0. The molecule has 0 aliphatic heterocycles. The first-order valence-corrected chi connectivity index (χ1v) is 11.7. The molecule has 4 aromatic carbocycles. The van der Waals surface area contributed by atoms with Gasteiger partial charge in [0.05, 0.1) is 36.0 Å². The summed E-state index contributed by atoms with van der Waals surface area (Å²) >= 11 is 0. The third-order valence-electron chi connectivity index (χ3n) is 6.24. The molecule has 5 aromatic rings. The van der Waals surface area contributed by atoms with E-state index in [0.717, 1.165) is 11.1 Å². The van der Waals surface area contributed by atoms with Gasteiger partial charge in [0.2, 0.25) is 5.43 Å². The highest BCUT2D eigenvalue weighted by atomic mass is 16.5. The Bertz CT molecular complexity index is 1580. The SMILES string of the molecule is COc1cc(OC)c2c(=O)c3ccc(OCc4ccccc4)c(OCc4ccccc4)c3n(C)c2c1. The van der Waals surface area contributed by atoms with Crippen LogP contribution in [0.15, 0.2) is 89.7 Å². The van der Waals surface area contributed by atoms with Crippen molar-refractivity contribution in [3.8, 4) is 23.0 Å². The lowest BCUT2D eigenvalue weighted by Gasteiger charge is -2.19. The molecular formula is C30H27NO5. The van der Waals surface area contributed by atoms with Gasteiger partial charge in [0.15, 0.2) is 11.5 Å². The van der Waals surface area contributed by atoms with Crippen molar-refractivity contribution in [2.75, 3.05) is 14.2 Å². The maximum atomic E-state index is 13.7. The van der Waals surface area contributed by atoms with Gasteiger partial charge in [-0.05, 0) is 23.3 Å². The zero-order valence-electron chi connectivity index (χ0n) is 20.5. The minimum Gasteiger partial charge on any atom is -0.497 e. The monoisotopic (exact) mass is 481 g/mol. The summed E-state index contributed by atoms with van der Waals surface area (Å²) in [6.45, 7) is 0.701. The first kappa shape index (κ1) is 23.3. The lowest BCUT2D eigenvalue weighted by Crippen LogP contribution is -2.13. The van der Waals surface area contributed by atoms with Crippen LogP contribution in [0.5, 0.6) is 23.0 Å². The first-order chi connectivity index (χ1) is 17.6. The Morgan fingerprint density at radius 3 is 1.97 bits per heavy atom. The van der Waals surface area contributed by atoms with Crippen molar-refractivity contribution in [2.24, 2.45) is 7.05 Å². The van der Waals surface area contributed by atoms with Crippen LogP contribution in [0.4, 0.5) is 0 Å². The Hall–Kier alpha value is -4.45. The molecule has 0 saturated heterocycles. The molecule has 5 rings (SSSR count). The fourth-order valence-electron chi connectivity index (χ4n) is 4.39. The molecule has 0 N–H and O–H groups in total. The number of aromatic nitrogens is 1. The highest BCUT2D eigenvalue weighted by Gasteiger charge is 2.21. The molecule has 0 aliphatic carbocycles. The van der Waals surface area contributed by atoms with Crippen molar-refractivity contribution < 1.29 is 18.9 Å². The molecule has 0 radical (unpaired) electrons. The van der Waals surface area contributed by atoms with Crippen LogP contribution in [0.1, 0.15) is 11.1 Å². The number of ether oxygens (including phenoxy) is 4. The zero-order valence-corrected chi connectivity index (χ0v) is 20.5. The molecule has 182 valence electrons. The number of fused-ring (bicyclic) bond motifs is 2. The van der Waals surface area contributed by atoms with Crippen LogP contribution >= 0.6 is 0 Å². The molecule has 6 heteroatoms. The van der Waals surface area contributed by atoms with E-state index >= 15 is 0 Å². The summed E-state index contributed by atoms with van der Waals surface area (Å²) < 4.78 is 25.6. The van der Waals surface area contributed by atoms with E-state index in [1.165, 1.54) is 0 Å². The second-order valence-electron chi connectivity index (χ2n) is 8.45. The average molecular weight is 482 g/mol. The number of aryl methyl sites for hydroxylation is 1. The molecule has 6 nitrogen and oxygen atoms in total. The van der Waals surface area contributed by atoms with Crippen LogP contribution in [-0.2, 0) is 20.3 Å². The Kier molecular flexibility index (Phi) is 6.50. The summed E-state index contributed by atoms with van der Waals surface area (Å²) in [5.74, 6) is 2.13. The first-order valence-electron chi connectivity index (χ1n) is 11.7. The second kappa shape index (κ2) is 10.0. The van der Waals surface area contributed by atoms with Crippen LogP contribution in [0, 0.1) is 0 Å². The predicted octanol–water partition coefficient (Wildman–Crippen LogP) is 5.87. The quantitative estimate of drug-likeness (QED) is 0.260. The average Bonchev–Trinajstić information content (AvgIpc) is 2.93. The van der Waals surface area contributed by atoms with E-state index in [4.69, 9.17) is 18.9 Å². The molecule has 0 aliphatic rings. The number of rotatable bonds is 8. The van der Waals surface area contributed by atoms with Crippen LogP contribution in [0.2, 0.25) is 0 Å². The van der Waals surface area contributed by atoms with Crippen molar-refractivity contribution in [3.05, 3.63) is 106 Å². The lowest BCUT2D eigenvalue weighted by molar-refractivity contribution is 0.258. The minimum atomic E-state index is -0.142. The van der Waals surface area contributed by atoms with Gasteiger partial charge in [-0.25, -0.2) is 0 Å². The van der Waals surface area contributed by atoms with Crippen molar-refractivity contribution >= 4 is 21.8 Å². The van der Waals surface area contributed by atoms with Gasteiger partial charge < -0.3 is 23.5 Å². The van der Waals surface area contributed by atoms with Gasteiger partial charge in [0, 0.05) is 19.2 Å². The van der Waals surface area contributed by atoms with Crippen LogP contribution in [0.25, 0.3) is 21.8 Å². The van der Waals surface area contributed by atoms with Crippen molar-refractivity contribution in [3.63, 3.8) is 0 Å². The molecule has 36 heavy (non-hydrogen) atoms. The molecule has 0 spiro atoms. The minimum absolute atomic E-state index is 0.142. The maximum absolute atomic E-state index is 13.7. The largest absolute Gasteiger partial charge is 0.497 e. The third-order valence-corrected chi connectivity index (χ3v) is 6.24. The van der Waals surface area contributed by atoms with Gasteiger partial charge in [-0.15, -0.1) is 0 Å². The maximum Gasteiger partial charge on any atom is 0.201 e. The number of benzene rings is 4. The van der Waals surface area contributed by atoms with Gasteiger partial charge in [-0.1, -0.05) is 60.7 Å². The molecule has 0 fully saturated rings. The summed E-state index contributed by atoms with van der Waals surface area (Å²) in [6.07, 6.45) is 0. The molecular weight excluding hydrogens is 454 g/mol. The molecule has 0 atom stereocenters. The van der Waals surface area contributed by atoms with E-state index in [0.29, 0.717) is 58.0 Å². The van der Waals surface area contributed by atoms with Gasteiger partial charge in [0.1, 0.15) is 24.7 Å². The molecule has 0 amide bonds. The summed E-state index contributed by atoms with van der Waals surface area (Å²) in [4.78, 5) is 13.7. The van der Waals surface area contributed by atoms with E-state index in [1.54, 1.807) is 32.4 Å².